The summed E-state index contributed by atoms with van der Waals surface area (Å²) in [6, 6.07) is 4.14. The van der Waals surface area contributed by atoms with Crippen LogP contribution in [0.15, 0.2) is 33.0 Å². The minimum absolute atomic E-state index is 0.00512. The van der Waals surface area contributed by atoms with Gasteiger partial charge < -0.3 is 10.1 Å². The van der Waals surface area contributed by atoms with Crippen LogP contribution < -0.4 is 10.1 Å². The van der Waals surface area contributed by atoms with Crippen molar-refractivity contribution < 1.29 is 4.74 Å². The molecule has 0 spiro atoms. The fourth-order valence-electron chi connectivity index (χ4n) is 1.40. The van der Waals surface area contributed by atoms with E-state index in [0.717, 1.165) is 16.0 Å². The van der Waals surface area contributed by atoms with E-state index < -0.39 is 0 Å². The molecule has 0 amide bonds. The van der Waals surface area contributed by atoms with E-state index in [1.54, 1.807) is 6.20 Å². The smallest absolute Gasteiger partial charge is 0.322 e. The van der Waals surface area contributed by atoms with Crippen LogP contribution >= 0.6 is 27.7 Å². The van der Waals surface area contributed by atoms with Crippen LogP contribution in [0.25, 0.3) is 0 Å². The Morgan fingerprint density at radius 1 is 1.29 bits per heavy atom. The van der Waals surface area contributed by atoms with Crippen molar-refractivity contribution in [3.05, 3.63) is 22.8 Å². The summed E-state index contributed by atoms with van der Waals surface area (Å²) in [7, 11) is 0. The van der Waals surface area contributed by atoms with Crippen LogP contribution in [0.5, 0.6) is 6.01 Å². The van der Waals surface area contributed by atoms with Gasteiger partial charge >= 0.3 is 6.01 Å². The molecule has 2 aromatic heterocycles. The zero-order valence-corrected chi connectivity index (χ0v) is 14.4. The van der Waals surface area contributed by atoms with Crippen LogP contribution in [-0.4, -0.2) is 32.6 Å². The SMILES string of the molecule is CCNc1nc(OC(C)C)nc(Sc2ccc(Br)cn2)n1. The van der Waals surface area contributed by atoms with E-state index in [2.05, 4.69) is 41.2 Å². The molecule has 0 aliphatic heterocycles. The first-order valence-electron chi connectivity index (χ1n) is 6.53. The highest BCUT2D eigenvalue weighted by atomic mass is 79.9. The van der Waals surface area contributed by atoms with E-state index in [-0.39, 0.29) is 6.10 Å². The van der Waals surface area contributed by atoms with Crippen LogP contribution in [0.1, 0.15) is 20.8 Å². The summed E-state index contributed by atoms with van der Waals surface area (Å²) in [6.07, 6.45) is 1.74. The molecule has 8 heteroatoms. The molecule has 2 heterocycles. The first kappa shape index (κ1) is 16.0. The highest BCUT2D eigenvalue weighted by Crippen LogP contribution is 2.25. The Bertz CT molecular complexity index is 594. The summed E-state index contributed by atoms with van der Waals surface area (Å²) in [4.78, 5) is 17.2. The molecule has 0 aliphatic rings. The van der Waals surface area contributed by atoms with Crippen LogP contribution in [-0.2, 0) is 0 Å². The molecular formula is C13H16BrN5OS. The van der Waals surface area contributed by atoms with Crippen LogP contribution in [0.2, 0.25) is 0 Å². The number of hydrogen-bond donors (Lipinski definition) is 1. The molecule has 0 saturated heterocycles. The number of rotatable bonds is 6. The van der Waals surface area contributed by atoms with E-state index in [4.69, 9.17) is 4.74 Å². The second-order valence-electron chi connectivity index (χ2n) is 4.34. The van der Waals surface area contributed by atoms with E-state index in [9.17, 15) is 0 Å². The van der Waals surface area contributed by atoms with Gasteiger partial charge in [0.2, 0.25) is 11.1 Å². The minimum atomic E-state index is 0.00512. The lowest BCUT2D eigenvalue weighted by Gasteiger charge is -2.10. The molecule has 0 saturated carbocycles. The molecule has 1 N–H and O–H groups in total. The molecule has 0 radical (unpaired) electrons. The summed E-state index contributed by atoms with van der Waals surface area (Å²) in [5.74, 6) is 0.503. The van der Waals surface area contributed by atoms with Crippen molar-refractivity contribution in [3.8, 4) is 6.01 Å². The molecule has 0 aromatic carbocycles. The van der Waals surface area contributed by atoms with Crippen molar-refractivity contribution in [2.45, 2.75) is 37.1 Å². The molecule has 112 valence electrons. The monoisotopic (exact) mass is 369 g/mol. The second kappa shape index (κ2) is 7.56. The van der Waals surface area contributed by atoms with Gasteiger partial charge in [0.15, 0.2) is 0 Å². The zero-order valence-electron chi connectivity index (χ0n) is 12.0. The van der Waals surface area contributed by atoms with Gasteiger partial charge in [0, 0.05) is 17.2 Å². The average Bonchev–Trinajstić information content (AvgIpc) is 2.41. The standard InChI is InChI=1S/C13H16BrN5OS/c1-4-15-11-17-12(20-8(2)3)19-13(18-11)21-10-6-5-9(14)7-16-10/h5-8H,4H2,1-3H3,(H,15,17,18,19). The van der Waals surface area contributed by atoms with Crippen LogP contribution in [0.4, 0.5) is 5.95 Å². The Kier molecular flexibility index (Phi) is 5.75. The van der Waals surface area contributed by atoms with E-state index in [0.29, 0.717) is 17.1 Å². The first-order valence-corrected chi connectivity index (χ1v) is 8.13. The van der Waals surface area contributed by atoms with E-state index in [1.807, 2.05) is 32.9 Å². The molecule has 0 bridgehead atoms. The van der Waals surface area contributed by atoms with Gasteiger partial charge in [-0.25, -0.2) is 4.98 Å². The highest BCUT2D eigenvalue weighted by Gasteiger charge is 2.10. The number of nitrogens with zero attached hydrogens (tertiary/aromatic N) is 4. The van der Waals surface area contributed by atoms with Gasteiger partial charge in [-0.2, -0.15) is 15.0 Å². The zero-order chi connectivity index (χ0) is 15.2. The Labute approximate surface area is 136 Å². The third-order valence-corrected chi connectivity index (χ3v) is 3.45. The van der Waals surface area contributed by atoms with E-state index >= 15 is 0 Å². The van der Waals surface area contributed by atoms with Gasteiger partial charge in [0.05, 0.1) is 6.10 Å². The summed E-state index contributed by atoms with van der Waals surface area (Å²) in [6.45, 7) is 6.57. The minimum Gasteiger partial charge on any atom is -0.461 e. The first-order chi connectivity index (χ1) is 10.1. The summed E-state index contributed by atoms with van der Waals surface area (Å²) in [5.41, 5.74) is 0. The van der Waals surface area contributed by atoms with Gasteiger partial charge in [-0.3, -0.25) is 0 Å². The Hall–Kier alpha value is -1.41. The summed E-state index contributed by atoms with van der Waals surface area (Å²) in [5, 5.41) is 4.43. The number of pyridine rings is 1. The largest absolute Gasteiger partial charge is 0.461 e. The molecule has 2 aromatic rings. The second-order valence-corrected chi connectivity index (χ2v) is 6.24. The predicted octanol–water partition coefficient (Wildman–Crippen LogP) is 3.40. The molecule has 0 aliphatic carbocycles. The van der Waals surface area contributed by atoms with Gasteiger partial charge in [-0.1, -0.05) is 0 Å². The number of halogens is 1. The fraction of sp³-hybridized carbons (Fsp3) is 0.385. The van der Waals surface area contributed by atoms with Crippen molar-refractivity contribution in [2.75, 3.05) is 11.9 Å². The van der Waals surface area contributed by atoms with Crippen molar-refractivity contribution >= 4 is 33.6 Å². The lowest BCUT2D eigenvalue weighted by Crippen LogP contribution is -2.11. The van der Waals surface area contributed by atoms with Crippen LogP contribution in [0, 0.1) is 0 Å². The van der Waals surface area contributed by atoms with Crippen molar-refractivity contribution in [2.24, 2.45) is 0 Å². The van der Waals surface area contributed by atoms with Crippen molar-refractivity contribution in [1.29, 1.82) is 0 Å². The topological polar surface area (TPSA) is 72.8 Å². The average molecular weight is 370 g/mol. The Balaban J connectivity index is 2.24. The maximum atomic E-state index is 5.56. The van der Waals surface area contributed by atoms with Crippen molar-refractivity contribution in [3.63, 3.8) is 0 Å². The van der Waals surface area contributed by atoms with E-state index in [1.165, 1.54) is 11.8 Å². The number of anilines is 1. The van der Waals surface area contributed by atoms with Gasteiger partial charge in [0.25, 0.3) is 0 Å². The maximum absolute atomic E-state index is 5.56. The molecule has 21 heavy (non-hydrogen) atoms. The number of ether oxygens (including phenoxy) is 1. The fourth-order valence-corrected chi connectivity index (χ4v) is 2.32. The molecule has 2 rings (SSSR count). The Morgan fingerprint density at radius 3 is 2.71 bits per heavy atom. The molecule has 6 nitrogen and oxygen atoms in total. The lowest BCUT2D eigenvalue weighted by molar-refractivity contribution is 0.219. The normalized spacial score (nSPS) is 10.7. The number of hydrogen-bond acceptors (Lipinski definition) is 7. The lowest BCUT2D eigenvalue weighted by atomic mass is 10.5. The van der Waals surface area contributed by atoms with Crippen molar-refractivity contribution in [1.82, 2.24) is 19.9 Å². The predicted molar refractivity (Wildman–Crippen MR) is 85.8 cm³/mol. The third kappa shape index (κ3) is 5.13. The molecule has 0 atom stereocenters. The number of nitrogens with one attached hydrogen (secondary N) is 1. The molecule has 0 unspecified atom stereocenters. The third-order valence-electron chi connectivity index (χ3n) is 2.17. The van der Waals surface area contributed by atoms with Gasteiger partial charge in [-0.05, 0) is 60.6 Å². The molecule has 0 fully saturated rings. The quantitative estimate of drug-likeness (QED) is 0.835. The van der Waals surface area contributed by atoms with Crippen LogP contribution in [0.3, 0.4) is 0 Å². The van der Waals surface area contributed by atoms with Gasteiger partial charge in [0.1, 0.15) is 5.03 Å². The molecular weight excluding hydrogens is 354 g/mol. The summed E-state index contributed by atoms with van der Waals surface area (Å²) >= 11 is 4.72. The number of aromatic nitrogens is 4. The summed E-state index contributed by atoms with van der Waals surface area (Å²) < 4.78 is 6.49. The highest BCUT2D eigenvalue weighted by molar-refractivity contribution is 9.10. The maximum Gasteiger partial charge on any atom is 0.322 e. The van der Waals surface area contributed by atoms with Gasteiger partial charge in [-0.15, -0.1) is 0 Å². The Morgan fingerprint density at radius 2 is 2.10 bits per heavy atom.